The zero-order valence-electron chi connectivity index (χ0n) is 13.3. The monoisotopic (exact) mass is 315 g/mol. The van der Waals surface area contributed by atoms with E-state index in [1.165, 1.54) is 5.56 Å². The highest BCUT2D eigenvalue weighted by molar-refractivity contribution is 5.56. The molecule has 1 heterocycles. The SMILES string of the molecule is CN(Cc1ccccc1)c1ccnc(Nc2ccc(C#N)cc2)n1. The maximum absolute atomic E-state index is 8.84. The second kappa shape index (κ2) is 7.25. The quantitative estimate of drug-likeness (QED) is 0.777. The average molecular weight is 315 g/mol. The molecule has 0 aliphatic heterocycles. The van der Waals surface area contributed by atoms with Crippen molar-refractivity contribution in [2.75, 3.05) is 17.3 Å². The smallest absolute Gasteiger partial charge is 0.229 e. The number of nitrogens with zero attached hydrogens (tertiary/aromatic N) is 4. The van der Waals surface area contributed by atoms with Crippen molar-refractivity contribution in [1.82, 2.24) is 9.97 Å². The van der Waals surface area contributed by atoms with E-state index in [2.05, 4.69) is 38.4 Å². The van der Waals surface area contributed by atoms with Crippen LogP contribution in [0.3, 0.4) is 0 Å². The Bertz CT molecular complexity index is 838. The summed E-state index contributed by atoms with van der Waals surface area (Å²) in [6.07, 6.45) is 1.73. The number of rotatable bonds is 5. The normalized spacial score (nSPS) is 10.0. The molecule has 0 atom stereocenters. The van der Waals surface area contributed by atoms with Crippen molar-refractivity contribution in [3.8, 4) is 6.07 Å². The standard InChI is InChI=1S/C19H17N5/c1-24(14-16-5-3-2-4-6-16)18-11-12-21-19(23-18)22-17-9-7-15(13-20)8-10-17/h2-12H,14H2,1H3,(H,21,22,23). The molecule has 24 heavy (non-hydrogen) atoms. The van der Waals surface area contributed by atoms with E-state index in [0.717, 1.165) is 18.1 Å². The summed E-state index contributed by atoms with van der Waals surface area (Å²) in [6.45, 7) is 0.772. The van der Waals surface area contributed by atoms with Crippen molar-refractivity contribution in [1.29, 1.82) is 5.26 Å². The van der Waals surface area contributed by atoms with E-state index in [9.17, 15) is 0 Å². The fraction of sp³-hybridized carbons (Fsp3) is 0.105. The van der Waals surface area contributed by atoms with E-state index in [1.807, 2.05) is 43.4 Å². The van der Waals surface area contributed by atoms with Gasteiger partial charge in [-0.1, -0.05) is 30.3 Å². The largest absolute Gasteiger partial charge is 0.355 e. The molecule has 0 aliphatic carbocycles. The fourth-order valence-electron chi connectivity index (χ4n) is 2.32. The number of nitriles is 1. The molecule has 1 aromatic heterocycles. The van der Waals surface area contributed by atoms with Crippen molar-refractivity contribution < 1.29 is 0 Å². The highest BCUT2D eigenvalue weighted by Crippen LogP contribution is 2.17. The van der Waals surface area contributed by atoms with E-state index in [-0.39, 0.29) is 0 Å². The summed E-state index contributed by atoms with van der Waals surface area (Å²) >= 11 is 0. The van der Waals surface area contributed by atoms with Crippen molar-refractivity contribution in [3.05, 3.63) is 78.0 Å². The highest BCUT2D eigenvalue weighted by atomic mass is 15.2. The second-order valence-corrected chi connectivity index (χ2v) is 5.39. The van der Waals surface area contributed by atoms with Crippen molar-refractivity contribution in [2.24, 2.45) is 0 Å². The molecule has 2 aromatic carbocycles. The Morgan fingerprint density at radius 3 is 2.50 bits per heavy atom. The third kappa shape index (κ3) is 3.87. The summed E-state index contributed by atoms with van der Waals surface area (Å²) < 4.78 is 0. The zero-order chi connectivity index (χ0) is 16.8. The number of hydrogen-bond donors (Lipinski definition) is 1. The lowest BCUT2D eigenvalue weighted by Crippen LogP contribution is -2.18. The predicted octanol–water partition coefficient (Wildman–Crippen LogP) is 3.73. The Balaban J connectivity index is 1.72. The number of nitrogens with one attached hydrogen (secondary N) is 1. The molecule has 0 unspecified atom stereocenters. The molecule has 0 bridgehead atoms. The van der Waals surface area contributed by atoms with Crippen LogP contribution in [0.5, 0.6) is 0 Å². The van der Waals surface area contributed by atoms with Gasteiger partial charge in [-0.05, 0) is 35.9 Å². The molecule has 0 radical (unpaired) electrons. The van der Waals surface area contributed by atoms with Crippen LogP contribution in [0.2, 0.25) is 0 Å². The van der Waals surface area contributed by atoms with Crippen LogP contribution in [0.1, 0.15) is 11.1 Å². The number of benzene rings is 2. The maximum atomic E-state index is 8.84. The Hall–Kier alpha value is -3.39. The Morgan fingerprint density at radius 2 is 1.79 bits per heavy atom. The number of aromatic nitrogens is 2. The van der Waals surface area contributed by atoms with E-state index in [0.29, 0.717) is 11.5 Å². The summed E-state index contributed by atoms with van der Waals surface area (Å²) in [7, 11) is 2.00. The van der Waals surface area contributed by atoms with Crippen LogP contribution in [0.25, 0.3) is 0 Å². The fourth-order valence-corrected chi connectivity index (χ4v) is 2.32. The van der Waals surface area contributed by atoms with Gasteiger partial charge in [0.05, 0.1) is 11.6 Å². The van der Waals surface area contributed by atoms with Crippen LogP contribution < -0.4 is 10.2 Å². The van der Waals surface area contributed by atoms with Crippen molar-refractivity contribution in [3.63, 3.8) is 0 Å². The molecule has 0 amide bonds. The van der Waals surface area contributed by atoms with Crippen molar-refractivity contribution >= 4 is 17.5 Å². The molecule has 0 aliphatic rings. The molecule has 3 rings (SSSR count). The van der Waals surface area contributed by atoms with Crippen LogP contribution in [-0.2, 0) is 6.54 Å². The van der Waals surface area contributed by atoms with Crippen molar-refractivity contribution in [2.45, 2.75) is 6.54 Å². The first-order chi connectivity index (χ1) is 11.7. The third-order valence-corrected chi connectivity index (χ3v) is 3.56. The minimum Gasteiger partial charge on any atom is -0.355 e. The molecule has 3 aromatic rings. The first-order valence-corrected chi connectivity index (χ1v) is 7.60. The van der Waals surface area contributed by atoms with Gasteiger partial charge in [0.2, 0.25) is 5.95 Å². The summed E-state index contributed by atoms with van der Waals surface area (Å²) in [5, 5.41) is 12.0. The summed E-state index contributed by atoms with van der Waals surface area (Å²) in [5.74, 6) is 1.36. The topological polar surface area (TPSA) is 64.8 Å². The first-order valence-electron chi connectivity index (χ1n) is 7.60. The van der Waals surface area contributed by atoms with Gasteiger partial charge in [0, 0.05) is 25.5 Å². The van der Waals surface area contributed by atoms with Crippen LogP contribution in [-0.4, -0.2) is 17.0 Å². The van der Waals surface area contributed by atoms with Crippen LogP contribution in [0.15, 0.2) is 66.9 Å². The first kappa shape index (κ1) is 15.5. The van der Waals surface area contributed by atoms with Gasteiger partial charge in [-0.2, -0.15) is 10.2 Å². The van der Waals surface area contributed by atoms with Gasteiger partial charge in [-0.3, -0.25) is 0 Å². The van der Waals surface area contributed by atoms with E-state index >= 15 is 0 Å². The maximum Gasteiger partial charge on any atom is 0.229 e. The Morgan fingerprint density at radius 1 is 1.04 bits per heavy atom. The molecular formula is C19H17N5. The zero-order valence-corrected chi connectivity index (χ0v) is 13.3. The van der Waals surface area contributed by atoms with Crippen LogP contribution in [0, 0.1) is 11.3 Å². The van der Waals surface area contributed by atoms with E-state index < -0.39 is 0 Å². The molecule has 1 N–H and O–H groups in total. The third-order valence-electron chi connectivity index (χ3n) is 3.56. The Labute approximate surface area is 141 Å². The lowest BCUT2D eigenvalue weighted by molar-refractivity contribution is 0.893. The van der Waals surface area contributed by atoms with Gasteiger partial charge >= 0.3 is 0 Å². The number of anilines is 3. The highest BCUT2D eigenvalue weighted by Gasteiger charge is 2.06. The van der Waals surface area contributed by atoms with E-state index in [1.54, 1.807) is 18.3 Å². The molecule has 0 saturated heterocycles. The van der Waals surface area contributed by atoms with Gasteiger partial charge in [0.15, 0.2) is 0 Å². The van der Waals surface area contributed by atoms with E-state index in [4.69, 9.17) is 5.26 Å². The average Bonchev–Trinajstić information content (AvgIpc) is 2.63. The van der Waals surface area contributed by atoms with Gasteiger partial charge in [0.25, 0.3) is 0 Å². The Kier molecular flexibility index (Phi) is 4.68. The van der Waals surface area contributed by atoms with Crippen LogP contribution in [0.4, 0.5) is 17.5 Å². The molecule has 0 spiro atoms. The number of hydrogen-bond acceptors (Lipinski definition) is 5. The van der Waals surface area contributed by atoms with Gasteiger partial charge < -0.3 is 10.2 Å². The summed E-state index contributed by atoms with van der Waals surface area (Å²) in [6, 6.07) is 21.4. The predicted molar refractivity (Wildman–Crippen MR) is 95.0 cm³/mol. The minimum atomic E-state index is 0.525. The molecule has 5 nitrogen and oxygen atoms in total. The summed E-state index contributed by atoms with van der Waals surface area (Å²) in [4.78, 5) is 10.9. The molecule has 0 saturated carbocycles. The lowest BCUT2D eigenvalue weighted by Gasteiger charge is -2.18. The molecule has 5 heteroatoms. The molecule has 0 fully saturated rings. The minimum absolute atomic E-state index is 0.525. The molecule has 118 valence electrons. The second-order valence-electron chi connectivity index (χ2n) is 5.39. The van der Waals surface area contributed by atoms with Gasteiger partial charge in [-0.15, -0.1) is 0 Å². The lowest BCUT2D eigenvalue weighted by atomic mass is 10.2. The summed E-state index contributed by atoms with van der Waals surface area (Å²) in [5.41, 5.74) is 2.69. The van der Waals surface area contributed by atoms with Gasteiger partial charge in [0.1, 0.15) is 5.82 Å². The van der Waals surface area contributed by atoms with Crippen LogP contribution >= 0.6 is 0 Å². The molecular weight excluding hydrogens is 298 g/mol. The van der Waals surface area contributed by atoms with Gasteiger partial charge in [-0.25, -0.2) is 4.98 Å².